The highest BCUT2D eigenvalue weighted by Gasteiger charge is 2.50. The lowest BCUT2D eigenvalue weighted by molar-refractivity contribution is 0.119. The highest BCUT2D eigenvalue weighted by Crippen LogP contribution is 2.45. The van der Waals surface area contributed by atoms with Crippen LogP contribution in [0.25, 0.3) is 0 Å². The molecule has 0 bridgehead atoms. The Hall–Kier alpha value is -2.45. The molecule has 2 saturated heterocycles. The lowest BCUT2D eigenvalue weighted by atomic mass is 10.00. The largest absolute Gasteiger partial charge is 0.443 e. The fraction of sp³-hybridized carbons (Fsp3) is 0.409. The van der Waals surface area contributed by atoms with E-state index in [0.29, 0.717) is 18.4 Å². The second-order valence-electron chi connectivity index (χ2n) is 8.22. The van der Waals surface area contributed by atoms with Crippen molar-refractivity contribution in [1.82, 2.24) is 9.21 Å². The summed E-state index contributed by atoms with van der Waals surface area (Å²) in [5.74, 6) is -0.570. The summed E-state index contributed by atoms with van der Waals surface area (Å²) in [4.78, 5) is 14.4. The number of hydrogen-bond donors (Lipinski definition) is 0. The highest BCUT2D eigenvalue weighted by molar-refractivity contribution is 7.89. The van der Waals surface area contributed by atoms with E-state index in [1.807, 2.05) is 23.1 Å². The lowest BCUT2D eigenvalue weighted by Gasteiger charge is -2.37. The van der Waals surface area contributed by atoms with Gasteiger partial charge in [0.2, 0.25) is 10.0 Å². The minimum Gasteiger partial charge on any atom is -0.443 e. The molecule has 0 saturated carbocycles. The van der Waals surface area contributed by atoms with Crippen molar-refractivity contribution in [2.45, 2.75) is 49.3 Å². The van der Waals surface area contributed by atoms with Crippen molar-refractivity contribution >= 4 is 16.1 Å². The number of ether oxygens (including phenoxy) is 1. The Labute approximate surface area is 175 Å². The molecule has 2 aromatic carbocycles. The predicted molar refractivity (Wildman–Crippen MR) is 108 cm³/mol. The molecule has 1 aliphatic carbocycles. The molecule has 0 spiro atoms. The molecule has 6 nitrogen and oxygen atoms in total. The van der Waals surface area contributed by atoms with Crippen molar-refractivity contribution < 1.29 is 22.3 Å². The first kappa shape index (κ1) is 19.5. The molecule has 1 amide bonds. The lowest BCUT2D eigenvalue weighted by Crippen LogP contribution is -2.47. The van der Waals surface area contributed by atoms with Gasteiger partial charge in [0.1, 0.15) is 11.9 Å². The van der Waals surface area contributed by atoms with Crippen molar-refractivity contribution in [1.29, 1.82) is 0 Å². The van der Waals surface area contributed by atoms with Crippen LogP contribution in [-0.4, -0.2) is 49.0 Å². The molecule has 2 atom stereocenters. The third-order valence-electron chi connectivity index (χ3n) is 6.49. The van der Waals surface area contributed by atoms with Gasteiger partial charge in [-0.3, -0.25) is 4.90 Å². The van der Waals surface area contributed by atoms with Crippen molar-refractivity contribution in [2.24, 2.45) is 0 Å². The molecule has 30 heavy (non-hydrogen) atoms. The van der Waals surface area contributed by atoms with Crippen molar-refractivity contribution in [3.8, 4) is 0 Å². The zero-order valence-electron chi connectivity index (χ0n) is 16.6. The Morgan fingerprint density at radius 2 is 1.83 bits per heavy atom. The maximum Gasteiger partial charge on any atom is 0.411 e. The van der Waals surface area contributed by atoms with E-state index < -0.39 is 15.8 Å². The quantitative estimate of drug-likeness (QED) is 0.749. The predicted octanol–water partition coefficient (Wildman–Crippen LogP) is 3.41. The molecular formula is C22H23FN2O4S. The molecule has 2 aliphatic heterocycles. The first-order chi connectivity index (χ1) is 14.4. The van der Waals surface area contributed by atoms with Gasteiger partial charge in [0.15, 0.2) is 0 Å². The van der Waals surface area contributed by atoms with E-state index in [0.717, 1.165) is 18.1 Å². The number of rotatable bonds is 3. The zero-order chi connectivity index (χ0) is 21.0. The van der Waals surface area contributed by atoms with Gasteiger partial charge in [-0.05, 0) is 48.6 Å². The van der Waals surface area contributed by atoms with E-state index in [1.54, 1.807) is 6.92 Å². The molecular weight excluding hydrogens is 407 g/mol. The number of fused-ring (bicyclic) bond motifs is 3. The fourth-order valence-electron chi connectivity index (χ4n) is 5.00. The molecule has 8 heteroatoms. The van der Waals surface area contributed by atoms with Crippen LogP contribution in [-0.2, 0) is 21.2 Å². The van der Waals surface area contributed by atoms with E-state index >= 15 is 0 Å². The number of carbonyl (C=O) groups is 1. The second-order valence-corrected chi connectivity index (χ2v) is 10.1. The van der Waals surface area contributed by atoms with Gasteiger partial charge in [-0.15, -0.1) is 0 Å². The Kier molecular flexibility index (Phi) is 4.59. The van der Waals surface area contributed by atoms with Crippen LogP contribution in [0.2, 0.25) is 0 Å². The number of amides is 1. The van der Waals surface area contributed by atoms with E-state index in [2.05, 4.69) is 6.07 Å². The Bertz CT molecular complexity index is 1110. The fourth-order valence-corrected chi connectivity index (χ4v) is 6.71. The first-order valence-electron chi connectivity index (χ1n) is 10.2. The molecule has 2 unspecified atom stereocenters. The SMILES string of the molecule is Cc1ccc(F)cc1S(=O)(=O)N1CCC(N2C(=O)OC3Cc4ccccc4C32)CC1. The van der Waals surface area contributed by atoms with Crippen LogP contribution < -0.4 is 0 Å². The average Bonchev–Trinajstić information content (AvgIpc) is 3.24. The van der Waals surface area contributed by atoms with Gasteiger partial charge in [0, 0.05) is 25.6 Å². The number of carbonyl (C=O) groups excluding carboxylic acids is 1. The van der Waals surface area contributed by atoms with Gasteiger partial charge in [-0.25, -0.2) is 17.6 Å². The summed E-state index contributed by atoms with van der Waals surface area (Å²) in [6.45, 7) is 2.23. The number of hydrogen-bond acceptors (Lipinski definition) is 4. The number of benzene rings is 2. The van der Waals surface area contributed by atoms with Gasteiger partial charge >= 0.3 is 6.09 Å². The van der Waals surface area contributed by atoms with Crippen LogP contribution in [0.1, 0.15) is 35.6 Å². The maximum absolute atomic E-state index is 13.7. The molecule has 5 rings (SSSR count). The van der Waals surface area contributed by atoms with E-state index in [-0.39, 0.29) is 42.3 Å². The third-order valence-corrected chi connectivity index (χ3v) is 8.54. The zero-order valence-corrected chi connectivity index (χ0v) is 17.4. The summed E-state index contributed by atoms with van der Waals surface area (Å²) >= 11 is 0. The van der Waals surface area contributed by atoms with Crippen LogP contribution in [0, 0.1) is 12.7 Å². The van der Waals surface area contributed by atoms with Crippen molar-refractivity contribution in [3.63, 3.8) is 0 Å². The number of halogens is 1. The van der Waals surface area contributed by atoms with Crippen molar-refractivity contribution in [3.05, 3.63) is 65.0 Å². The van der Waals surface area contributed by atoms with Gasteiger partial charge in [0.25, 0.3) is 0 Å². The number of sulfonamides is 1. The number of piperidine rings is 1. The minimum atomic E-state index is -3.78. The number of nitrogens with zero attached hydrogens (tertiary/aromatic N) is 2. The Balaban J connectivity index is 1.35. The Morgan fingerprint density at radius 3 is 2.60 bits per heavy atom. The molecule has 2 aromatic rings. The first-order valence-corrected chi connectivity index (χ1v) is 11.6. The minimum absolute atomic E-state index is 0.00585. The molecule has 158 valence electrons. The van der Waals surface area contributed by atoms with Gasteiger partial charge < -0.3 is 4.74 Å². The molecule has 3 aliphatic rings. The van der Waals surface area contributed by atoms with E-state index in [9.17, 15) is 17.6 Å². The van der Waals surface area contributed by atoms with Gasteiger partial charge in [-0.2, -0.15) is 4.31 Å². The Morgan fingerprint density at radius 1 is 1.10 bits per heavy atom. The smallest absolute Gasteiger partial charge is 0.411 e. The van der Waals surface area contributed by atoms with Crippen LogP contribution in [0.4, 0.5) is 9.18 Å². The van der Waals surface area contributed by atoms with Crippen LogP contribution in [0.15, 0.2) is 47.4 Å². The van der Waals surface area contributed by atoms with E-state index in [4.69, 9.17) is 4.74 Å². The van der Waals surface area contributed by atoms with Gasteiger partial charge in [0.05, 0.1) is 10.9 Å². The van der Waals surface area contributed by atoms with Gasteiger partial charge in [-0.1, -0.05) is 30.3 Å². The molecule has 2 heterocycles. The average molecular weight is 431 g/mol. The summed E-state index contributed by atoms with van der Waals surface area (Å²) in [6, 6.07) is 11.7. The second kappa shape index (κ2) is 7.06. The summed E-state index contributed by atoms with van der Waals surface area (Å²) in [6.07, 6.45) is 1.27. The summed E-state index contributed by atoms with van der Waals surface area (Å²) < 4.78 is 46.8. The maximum atomic E-state index is 13.7. The standard InChI is InChI=1S/C22H23FN2O4S/c1-14-6-7-16(23)13-20(14)30(27,28)24-10-8-17(9-11-24)25-21-18-5-3-2-4-15(18)12-19(21)29-22(25)26/h2-7,13,17,19,21H,8-12H2,1H3. The topological polar surface area (TPSA) is 66.9 Å². The highest BCUT2D eigenvalue weighted by atomic mass is 32.2. The molecule has 0 radical (unpaired) electrons. The van der Waals surface area contributed by atoms with Crippen LogP contribution >= 0.6 is 0 Å². The monoisotopic (exact) mass is 430 g/mol. The van der Waals surface area contributed by atoms with Crippen LogP contribution in [0.5, 0.6) is 0 Å². The third kappa shape index (κ3) is 3.01. The molecule has 0 aromatic heterocycles. The molecule has 2 fully saturated rings. The van der Waals surface area contributed by atoms with Crippen LogP contribution in [0.3, 0.4) is 0 Å². The van der Waals surface area contributed by atoms with Crippen molar-refractivity contribution in [2.75, 3.05) is 13.1 Å². The normalized spacial score (nSPS) is 24.6. The molecule has 0 N–H and O–H groups in total. The van der Waals surface area contributed by atoms with E-state index in [1.165, 1.54) is 22.0 Å². The number of aryl methyl sites for hydroxylation is 1. The summed E-state index contributed by atoms with van der Waals surface area (Å²) in [7, 11) is -3.78. The summed E-state index contributed by atoms with van der Waals surface area (Å²) in [5.41, 5.74) is 2.84. The summed E-state index contributed by atoms with van der Waals surface area (Å²) in [5, 5.41) is 0.